The second-order valence-electron chi connectivity index (χ2n) is 7.42. The van der Waals surface area contributed by atoms with E-state index in [4.69, 9.17) is 5.10 Å². The van der Waals surface area contributed by atoms with Gasteiger partial charge in [-0.1, -0.05) is 79.9 Å². The van der Waals surface area contributed by atoms with Crippen LogP contribution >= 0.6 is 31.9 Å². The first-order chi connectivity index (χ1) is 13.9. The van der Waals surface area contributed by atoms with Crippen molar-refractivity contribution in [1.29, 1.82) is 0 Å². The molecule has 4 heteroatoms. The molecule has 0 aliphatic rings. The van der Waals surface area contributed by atoms with Crippen molar-refractivity contribution in [3.63, 3.8) is 0 Å². The van der Waals surface area contributed by atoms with Crippen molar-refractivity contribution in [2.24, 2.45) is 0 Å². The highest BCUT2D eigenvalue weighted by Crippen LogP contribution is 2.33. The Kier molecular flexibility index (Phi) is 5.75. The average Bonchev–Trinajstić information content (AvgIpc) is 3.02. The van der Waals surface area contributed by atoms with Crippen LogP contribution in [0.5, 0.6) is 0 Å². The van der Waals surface area contributed by atoms with Gasteiger partial charge in [0.1, 0.15) is 0 Å². The number of nitrogens with zero attached hydrogens (tertiary/aromatic N) is 2. The summed E-state index contributed by atoms with van der Waals surface area (Å²) in [6.07, 6.45) is 0. The Hall–Kier alpha value is -2.17. The van der Waals surface area contributed by atoms with E-state index in [2.05, 4.69) is 124 Å². The molecule has 1 aromatic heterocycles. The van der Waals surface area contributed by atoms with Gasteiger partial charge in [-0.25, -0.2) is 0 Å². The third-order valence-electron chi connectivity index (χ3n) is 5.25. The topological polar surface area (TPSA) is 17.8 Å². The zero-order valence-electron chi connectivity index (χ0n) is 16.7. The predicted octanol–water partition coefficient (Wildman–Crippen LogP) is 7.72. The van der Waals surface area contributed by atoms with E-state index in [0.29, 0.717) is 0 Å². The lowest BCUT2D eigenvalue weighted by Crippen LogP contribution is -2.06. The van der Waals surface area contributed by atoms with E-state index in [9.17, 15) is 0 Å². The third-order valence-corrected chi connectivity index (χ3v) is 6.31. The van der Waals surface area contributed by atoms with Crippen LogP contribution in [-0.2, 0) is 6.54 Å². The molecular weight excluding hydrogens is 488 g/mol. The van der Waals surface area contributed by atoms with Crippen LogP contribution in [0.3, 0.4) is 0 Å². The number of hydrogen-bond donors (Lipinski definition) is 0. The Balaban J connectivity index is 1.88. The minimum absolute atomic E-state index is 0.746. The van der Waals surface area contributed by atoms with Crippen LogP contribution in [0.2, 0.25) is 0 Å². The Morgan fingerprint density at radius 1 is 0.759 bits per heavy atom. The second-order valence-corrected chi connectivity index (χ2v) is 9.25. The molecule has 0 aliphatic carbocycles. The molecule has 4 rings (SSSR count). The molecule has 0 fully saturated rings. The van der Waals surface area contributed by atoms with Crippen molar-refractivity contribution in [1.82, 2.24) is 9.78 Å². The van der Waals surface area contributed by atoms with Crippen molar-refractivity contribution in [2.75, 3.05) is 0 Å². The number of rotatable bonds is 4. The van der Waals surface area contributed by atoms with Gasteiger partial charge in [-0.2, -0.15) is 5.10 Å². The molecule has 0 atom stereocenters. The van der Waals surface area contributed by atoms with Gasteiger partial charge in [-0.05, 0) is 56.2 Å². The van der Waals surface area contributed by atoms with Gasteiger partial charge in [-0.3, -0.25) is 4.68 Å². The van der Waals surface area contributed by atoms with Crippen molar-refractivity contribution in [3.05, 3.63) is 97.9 Å². The van der Waals surface area contributed by atoms with Gasteiger partial charge in [0.15, 0.2) is 0 Å². The molecular formula is C25H22Br2N2. The standard InChI is InChI=1S/C25H22Br2N2/c1-16-4-5-17(2)21(14-16)15-29-25(20-8-12-23(27)13-9-20)18(3)24(28-29)19-6-10-22(26)11-7-19/h4-14H,15H2,1-3H3. The number of aromatic nitrogens is 2. The van der Waals surface area contributed by atoms with Gasteiger partial charge in [-0.15, -0.1) is 0 Å². The van der Waals surface area contributed by atoms with Gasteiger partial charge in [0.05, 0.1) is 17.9 Å². The molecule has 0 unspecified atom stereocenters. The molecule has 3 aromatic carbocycles. The third kappa shape index (κ3) is 4.24. The van der Waals surface area contributed by atoms with Crippen molar-refractivity contribution in [2.45, 2.75) is 27.3 Å². The van der Waals surface area contributed by atoms with E-state index in [1.807, 2.05) is 0 Å². The Labute approximate surface area is 188 Å². The summed E-state index contributed by atoms with van der Waals surface area (Å²) in [5.41, 5.74) is 9.55. The van der Waals surface area contributed by atoms with Gasteiger partial charge < -0.3 is 0 Å². The van der Waals surface area contributed by atoms with Crippen molar-refractivity contribution in [3.8, 4) is 22.5 Å². The molecule has 0 aliphatic heterocycles. The summed E-state index contributed by atoms with van der Waals surface area (Å²) >= 11 is 7.08. The Morgan fingerprint density at radius 2 is 1.34 bits per heavy atom. The summed E-state index contributed by atoms with van der Waals surface area (Å²) in [4.78, 5) is 0. The highest BCUT2D eigenvalue weighted by atomic mass is 79.9. The first-order valence-electron chi connectivity index (χ1n) is 9.58. The molecule has 0 saturated heterocycles. The fourth-order valence-electron chi connectivity index (χ4n) is 3.65. The molecule has 146 valence electrons. The minimum atomic E-state index is 0.746. The minimum Gasteiger partial charge on any atom is -0.260 e. The van der Waals surface area contributed by atoms with E-state index in [-0.39, 0.29) is 0 Å². The largest absolute Gasteiger partial charge is 0.260 e. The molecule has 4 aromatic rings. The zero-order chi connectivity index (χ0) is 20.5. The number of benzene rings is 3. The van der Waals surface area contributed by atoms with Crippen LogP contribution in [0.4, 0.5) is 0 Å². The summed E-state index contributed by atoms with van der Waals surface area (Å²) in [5, 5.41) is 5.06. The fourth-order valence-corrected chi connectivity index (χ4v) is 4.18. The SMILES string of the molecule is Cc1ccc(C)c(Cn2nc(-c3ccc(Br)cc3)c(C)c2-c2ccc(Br)cc2)c1. The van der Waals surface area contributed by atoms with Gasteiger partial charge >= 0.3 is 0 Å². The summed E-state index contributed by atoms with van der Waals surface area (Å²) in [7, 11) is 0. The lowest BCUT2D eigenvalue weighted by molar-refractivity contribution is 0.693. The molecule has 0 N–H and O–H groups in total. The van der Waals surface area contributed by atoms with Crippen LogP contribution in [0.15, 0.2) is 75.7 Å². The van der Waals surface area contributed by atoms with Gasteiger partial charge in [0.25, 0.3) is 0 Å². The average molecular weight is 510 g/mol. The highest BCUT2D eigenvalue weighted by molar-refractivity contribution is 9.10. The molecule has 0 amide bonds. The fraction of sp³-hybridized carbons (Fsp3) is 0.160. The lowest BCUT2D eigenvalue weighted by atomic mass is 10.0. The molecule has 0 bridgehead atoms. The van der Waals surface area contributed by atoms with Gasteiger partial charge in [0.2, 0.25) is 0 Å². The first-order valence-corrected chi connectivity index (χ1v) is 11.2. The molecule has 29 heavy (non-hydrogen) atoms. The number of aryl methyl sites for hydroxylation is 2. The van der Waals surface area contributed by atoms with E-state index in [0.717, 1.165) is 32.4 Å². The number of hydrogen-bond acceptors (Lipinski definition) is 1. The first kappa shape index (κ1) is 20.1. The van der Waals surface area contributed by atoms with Gasteiger partial charge in [0, 0.05) is 25.6 Å². The summed E-state index contributed by atoms with van der Waals surface area (Å²) in [6.45, 7) is 7.22. The molecule has 0 spiro atoms. The van der Waals surface area contributed by atoms with Crippen molar-refractivity contribution >= 4 is 31.9 Å². The Bertz CT molecular complexity index is 1160. The molecule has 2 nitrogen and oxygen atoms in total. The van der Waals surface area contributed by atoms with E-state index in [1.165, 1.54) is 27.8 Å². The maximum Gasteiger partial charge on any atom is 0.0959 e. The molecule has 0 saturated carbocycles. The van der Waals surface area contributed by atoms with Crippen LogP contribution in [0, 0.1) is 20.8 Å². The Morgan fingerprint density at radius 3 is 1.97 bits per heavy atom. The predicted molar refractivity (Wildman–Crippen MR) is 128 cm³/mol. The van der Waals surface area contributed by atoms with Crippen LogP contribution in [-0.4, -0.2) is 9.78 Å². The monoisotopic (exact) mass is 508 g/mol. The smallest absolute Gasteiger partial charge is 0.0959 e. The highest BCUT2D eigenvalue weighted by Gasteiger charge is 2.18. The normalized spacial score (nSPS) is 11.1. The number of halogens is 2. The maximum atomic E-state index is 5.06. The van der Waals surface area contributed by atoms with E-state index >= 15 is 0 Å². The zero-order valence-corrected chi connectivity index (χ0v) is 19.9. The molecule has 1 heterocycles. The van der Waals surface area contributed by atoms with E-state index in [1.54, 1.807) is 0 Å². The second kappa shape index (κ2) is 8.29. The van der Waals surface area contributed by atoms with Crippen LogP contribution < -0.4 is 0 Å². The molecule has 0 radical (unpaired) electrons. The van der Waals surface area contributed by atoms with E-state index < -0.39 is 0 Å². The quantitative estimate of drug-likeness (QED) is 0.275. The van der Waals surface area contributed by atoms with Crippen LogP contribution in [0.1, 0.15) is 22.3 Å². The maximum absolute atomic E-state index is 5.06. The van der Waals surface area contributed by atoms with Crippen LogP contribution in [0.25, 0.3) is 22.5 Å². The van der Waals surface area contributed by atoms with Crippen molar-refractivity contribution < 1.29 is 0 Å². The summed E-state index contributed by atoms with van der Waals surface area (Å²) in [5.74, 6) is 0. The summed E-state index contributed by atoms with van der Waals surface area (Å²) < 4.78 is 4.30. The lowest BCUT2D eigenvalue weighted by Gasteiger charge is -2.12. The summed E-state index contributed by atoms with van der Waals surface area (Å²) in [6, 6.07) is 23.5.